The van der Waals surface area contributed by atoms with Gasteiger partial charge in [-0.05, 0) is 6.92 Å². The van der Waals surface area contributed by atoms with Gasteiger partial charge in [-0.15, -0.1) is 6.58 Å². The fourth-order valence-corrected chi connectivity index (χ4v) is 0.463. The summed E-state index contributed by atoms with van der Waals surface area (Å²) in [5, 5.41) is 11.6. The van der Waals surface area contributed by atoms with E-state index in [4.69, 9.17) is 10.8 Å². The van der Waals surface area contributed by atoms with Crippen LogP contribution in [0.4, 0.5) is 0 Å². The Morgan fingerprint density at radius 1 is 1.91 bits per heavy atom. The number of nitrogens with one attached hydrogen (secondary N) is 1. The van der Waals surface area contributed by atoms with E-state index in [2.05, 4.69) is 16.9 Å². The molecule has 1 unspecified atom stereocenters. The predicted octanol–water partition coefficient (Wildman–Crippen LogP) is -0.543. The molecule has 4 N–H and O–H groups in total. The first-order valence-corrected chi connectivity index (χ1v) is 3.49. The Morgan fingerprint density at radius 2 is 2.55 bits per heavy atom. The van der Waals surface area contributed by atoms with Crippen molar-refractivity contribution in [3.05, 3.63) is 12.7 Å². The third-order valence-corrected chi connectivity index (χ3v) is 0.953. The third kappa shape index (κ3) is 6.86. The van der Waals surface area contributed by atoms with Gasteiger partial charge in [0.1, 0.15) is 0 Å². The zero-order valence-electron chi connectivity index (χ0n) is 6.75. The Kier molecular flexibility index (Phi) is 5.20. The van der Waals surface area contributed by atoms with Gasteiger partial charge in [0.2, 0.25) is 0 Å². The van der Waals surface area contributed by atoms with Crippen molar-refractivity contribution in [2.24, 2.45) is 10.7 Å². The highest BCUT2D eigenvalue weighted by Gasteiger charge is 1.92. The molecule has 0 fully saturated rings. The van der Waals surface area contributed by atoms with Crippen molar-refractivity contribution in [3.63, 3.8) is 0 Å². The summed E-state index contributed by atoms with van der Waals surface area (Å²) in [6.45, 7) is 6.08. The third-order valence-electron chi connectivity index (χ3n) is 0.953. The van der Waals surface area contributed by atoms with Gasteiger partial charge in [0.15, 0.2) is 5.96 Å². The molecule has 0 aromatic rings. The number of guanidine groups is 1. The van der Waals surface area contributed by atoms with Crippen LogP contribution in [0.5, 0.6) is 0 Å². The first-order valence-electron chi connectivity index (χ1n) is 3.49. The van der Waals surface area contributed by atoms with Crippen LogP contribution in [-0.2, 0) is 0 Å². The van der Waals surface area contributed by atoms with Gasteiger partial charge in [-0.1, -0.05) is 6.08 Å². The molecule has 0 aliphatic carbocycles. The Balaban J connectivity index is 3.53. The number of aliphatic imine (C=N–C) groups is 1. The summed E-state index contributed by atoms with van der Waals surface area (Å²) in [5.41, 5.74) is 5.39. The molecule has 4 nitrogen and oxygen atoms in total. The number of aliphatic hydroxyl groups excluding tert-OH is 1. The van der Waals surface area contributed by atoms with Crippen LogP contribution in [-0.4, -0.2) is 30.3 Å². The van der Waals surface area contributed by atoms with Crippen molar-refractivity contribution in [1.29, 1.82) is 0 Å². The number of nitrogens with two attached hydrogens (primary N) is 1. The van der Waals surface area contributed by atoms with E-state index in [1.807, 2.05) is 0 Å². The molecule has 0 aliphatic rings. The van der Waals surface area contributed by atoms with E-state index in [0.29, 0.717) is 19.0 Å². The maximum absolute atomic E-state index is 8.82. The molecule has 0 saturated carbocycles. The molecule has 4 heteroatoms. The van der Waals surface area contributed by atoms with Crippen LogP contribution >= 0.6 is 0 Å². The van der Waals surface area contributed by atoms with Gasteiger partial charge in [0, 0.05) is 6.54 Å². The zero-order valence-corrected chi connectivity index (χ0v) is 6.75. The highest BCUT2D eigenvalue weighted by atomic mass is 16.3. The summed E-state index contributed by atoms with van der Waals surface area (Å²) in [6, 6.07) is 0. The molecule has 0 spiro atoms. The highest BCUT2D eigenvalue weighted by Crippen LogP contribution is 1.79. The van der Waals surface area contributed by atoms with Crippen LogP contribution in [0.3, 0.4) is 0 Å². The molecular formula is C7H15N3O. The highest BCUT2D eigenvalue weighted by molar-refractivity contribution is 5.77. The van der Waals surface area contributed by atoms with Crippen molar-refractivity contribution in [2.75, 3.05) is 13.1 Å². The minimum Gasteiger partial charge on any atom is -0.391 e. The quantitative estimate of drug-likeness (QED) is 0.291. The van der Waals surface area contributed by atoms with E-state index in [1.165, 1.54) is 0 Å². The monoisotopic (exact) mass is 157 g/mol. The van der Waals surface area contributed by atoms with Gasteiger partial charge in [0.25, 0.3) is 0 Å². The second-order valence-corrected chi connectivity index (χ2v) is 2.24. The second kappa shape index (κ2) is 5.73. The van der Waals surface area contributed by atoms with E-state index in [0.717, 1.165) is 0 Å². The van der Waals surface area contributed by atoms with E-state index in [-0.39, 0.29) is 0 Å². The number of rotatable bonds is 4. The van der Waals surface area contributed by atoms with E-state index >= 15 is 0 Å². The average Bonchev–Trinajstić information content (AvgIpc) is 1.97. The van der Waals surface area contributed by atoms with Gasteiger partial charge in [-0.2, -0.15) is 0 Å². The normalized spacial score (nSPS) is 14.2. The molecule has 0 amide bonds. The van der Waals surface area contributed by atoms with Crippen LogP contribution in [0.2, 0.25) is 0 Å². The summed E-state index contributed by atoms with van der Waals surface area (Å²) in [5.74, 6) is 0.339. The molecule has 0 aliphatic heterocycles. The van der Waals surface area contributed by atoms with Gasteiger partial charge in [0.05, 0.1) is 12.6 Å². The molecule has 11 heavy (non-hydrogen) atoms. The molecule has 0 bridgehead atoms. The lowest BCUT2D eigenvalue weighted by Crippen LogP contribution is -2.32. The van der Waals surface area contributed by atoms with Crippen LogP contribution in [0, 0.1) is 0 Å². The van der Waals surface area contributed by atoms with Crippen LogP contribution < -0.4 is 11.1 Å². The van der Waals surface area contributed by atoms with Crippen molar-refractivity contribution in [1.82, 2.24) is 5.32 Å². The lowest BCUT2D eigenvalue weighted by molar-refractivity contribution is 0.204. The SMILES string of the molecule is C=CCNC(N)=NCC(C)O. The van der Waals surface area contributed by atoms with E-state index in [1.54, 1.807) is 13.0 Å². The summed E-state index contributed by atoms with van der Waals surface area (Å²) in [6.07, 6.45) is 1.24. The predicted molar refractivity (Wildman–Crippen MR) is 46.4 cm³/mol. The fourth-order valence-electron chi connectivity index (χ4n) is 0.463. The molecule has 0 saturated heterocycles. The van der Waals surface area contributed by atoms with Crippen molar-refractivity contribution in [3.8, 4) is 0 Å². The zero-order chi connectivity index (χ0) is 8.69. The van der Waals surface area contributed by atoms with E-state index in [9.17, 15) is 0 Å². The van der Waals surface area contributed by atoms with Gasteiger partial charge in [-0.25, -0.2) is 0 Å². The number of nitrogens with zero attached hydrogens (tertiary/aromatic N) is 1. The Labute approximate surface area is 66.8 Å². The first kappa shape index (κ1) is 9.97. The van der Waals surface area contributed by atoms with Crippen molar-refractivity contribution < 1.29 is 5.11 Å². The number of aliphatic hydroxyl groups is 1. The lowest BCUT2D eigenvalue weighted by Gasteiger charge is -2.02. The molecule has 0 heterocycles. The van der Waals surface area contributed by atoms with Crippen LogP contribution in [0.25, 0.3) is 0 Å². The Bertz CT molecular complexity index is 143. The van der Waals surface area contributed by atoms with Crippen LogP contribution in [0.15, 0.2) is 17.6 Å². The Hall–Kier alpha value is -1.03. The minimum atomic E-state index is -0.445. The van der Waals surface area contributed by atoms with Gasteiger partial charge >= 0.3 is 0 Å². The van der Waals surface area contributed by atoms with Crippen molar-refractivity contribution in [2.45, 2.75) is 13.0 Å². The topological polar surface area (TPSA) is 70.6 Å². The number of hydrogen-bond donors (Lipinski definition) is 3. The standard InChI is InChI=1S/C7H15N3O/c1-3-4-9-7(8)10-5-6(2)11/h3,6,11H,1,4-5H2,2H3,(H3,8,9,10). The summed E-state index contributed by atoms with van der Waals surface area (Å²) in [4.78, 5) is 3.85. The molecule has 0 aromatic carbocycles. The van der Waals surface area contributed by atoms with Gasteiger partial charge < -0.3 is 16.2 Å². The summed E-state index contributed by atoms with van der Waals surface area (Å²) in [7, 11) is 0. The van der Waals surface area contributed by atoms with Crippen molar-refractivity contribution >= 4 is 5.96 Å². The summed E-state index contributed by atoms with van der Waals surface area (Å²) >= 11 is 0. The average molecular weight is 157 g/mol. The maximum Gasteiger partial charge on any atom is 0.188 e. The largest absolute Gasteiger partial charge is 0.391 e. The lowest BCUT2D eigenvalue weighted by atomic mass is 10.4. The molecule has 64 valence electrons. The minimum absolute atomic E-state index is 0.329. The van der Waals surface area contributed by atoms with E-state index < -0.39 is 6.10 Å². The van der Waals surface area contributed by atoms with Gasteiger partial charge in [-0.3, -0.25) is 4.99 Å². The summed E-state index contributed by atoms with van der Waals surface area (Å²) < 4.78 is 0. The molecule has 0 rings (SSSR count). The molecule has 0 aromatic heterocycles. The maximum atomic E-state index is 8.82. The first-order chi connectivity index (χ1) is 5.16. The number of hydrogen-bond acceptors (Lipinski definition) is 2. The smallest absolute Gasteiger partial charge is 0.188 e. The molecular weight excluding hydrogens is 142 g/mol. The molecule has 0 radical (unpaired) electrons. The fraction of sp³-hybridized carbons (Fsp3) is 0.571. The Morgan fingerprint density at radius 3 is 3.00 bits per heavy atom. The second-order valence-electron chi connectivity index (χ2n) is 2.24. The molecule has 1 atom stereocenters. The van der Waals surface area contributed by atoms with Crippen LogP contribution in [0.1, 0.15) is 6.92 Å².